The minimum Gasteiger partial charge on any atom is -0.497 e. The molecule has 0 aromatic heterocycles. The molecular formula is C28H11F11O2. The third-order valence-electron chi connectivity index (χ3n) is 6.48. The van der Waals surface area contributed by atoms with Crippen LogP contribution in [0.1, 0.15) is 0 Å². The Morgan fingerprint density at radius 3 is 1.44 bits per heavy atom. The average molecular weight is 588 g/mol. The second kappa shape index (κ2) is 9.82. The van der Waals surface area contributed by atoms with Crippen molar-refractivity contribution >= 4 is 21.5 Å². The fourth-order valence-corrected chi connectivity index (χ4v) is 4.77. The second-order valence-corrected chi connectivity index (χ2v) is 8.55. The largest absolute Gasteiger partial charge is 0.497 e. The molecule has 0 bridgehead atoms. The summed E-state index contributed by atoms with van der Waals surface area (Å²) in [7, 11) is 1.68. The Morgan fingerprint density at radius 2 is 0.951 bits per heavy atom. The van der Waals surface area contributed by atoms with Gasteiger partial charge >= 0.3 is 0 Å². The van der Waals surface area contributed by atoms with Crippen LogP contribution >= 0.6 is 0 Å². The number of halogens is 11. The van der Waals surface area contributed by atoms with Crippen molar-refractivity contribution in [3.63, 3.8) is 0 Å². The third-order valence-corrected chi connectivity index (χ3v) is 6.48. The van der Waals surface area contributed by atoms with Gasteiger partial charge in [0.2, 0.25) is 11.6 Å². The van der Waals surface area contributed by atoms with Gasteiger partial charge in [0.05, 0.1) is 25.3 Å². The van der Waals surface area contributed by atoms with Gasteiger partial charge in [-0.2, -0.15) is 8.78 Å². The predicted molar refractivity (Wildman–Crippen MR) is 125 cm³/mol. The highest BCUT2D eigenvalue weighted by Gasteiger charge is 2.35. The van der Waals surface area contributed by atoms with E-state index in [9.17, 15) is 17.6 Å². The smallest absolute Gasteiger partial charge is 0.204 e. The number of benzene rings is 5. The molecule has 0 fully saturated rings. The number of ether oxygens (including phenoxy) is 2. The van der Waals surface area contributed by atoms with Crippen LogP contribution in [0.4, 0.5) is 48.3 Å². The molecule has 0 aliphatic carbocycles. The molecule has 13 heteroatoms. The molecule has 0 aliphatic heterocycles. The maximum absolute atomic E-state index is 15.5. The summed E-state index contributed by atoms with van der Waals surface area (Å²) < 4.78 is 175. The Balaban J connectivity index is 2.20. The molecule has 212 valence electrons. The van der Waals surface area contributed by atoms with E-state index in [-0.39, 0.29) is 0 Å². The molecule has 0 unspecified atom stereocenters. The van der Waals surface area contributed by atoms with Crippen LogP contribution in [-0.2, 0) is 0 Å². The van der Waals surface area contributed by atoms with Gasteiger partial charge in [0.25, 0.3) is 0 Å². The van der Waals surface area contributed by atoms with Gasteiger partial charge in [0, 0.05) is 39.4 Å². The summed E-state index contributed by atoms with van der Waals surface area (Å²) in [4.78, 5) is 0. The van der Waals surface area contributed by atoms with Crippen molar-refractivity contribution in [3.8, 4) is 33.8 Å². The lowest BCUT2D eigenvalue weighted by Crippen LogP contribution is -2.08. The molecule has 0 amide bonds. The van der Waals surface area contributed by atoms with E-state index in [0.29, 0.717) is 25.3 Å². The summed E-state index contributed by atoms with van der Waals surface area (Å²) in [5.41, 5.74) is -5.72. The SMILES string of the molecule is COc1cc(F)c(-c2c3cccc(F)c3c(-c3c(F)c(F)c(OC)c(F)c3F)c3c(F)c(F)c(F)c(F)c23)c(F)c1. The zero-order valence-corrected chi connectivity index (χ0v) is 20.4. The zero-order valence-electron chi connectivity index (χ0n) is 20.4. The van der Waals surface area contributed by atoms with E-state index < -0.39 is 119 Å². The maximum Gasteiger partial charge on any atom is 0.204 e. The highest BCUT2D eigenvalue weighted by atomic mass is 19.2. The van der Waals surface area contributed by atoms with Gasteiger partial charge in [-0.05, 0) is 11.5 Å². The average Bonchev–Trinajstić information content (AvgIpc) is 2.94. The fourth-order valence-electron chi connectivity index (χ4n) is 4.77. The van der Waals surface area contributed by atoms with E-state index in [1.54, 1.807) is 0 Å². The number of rotatable bonds is 4. The van der Waals surface area contributed by atoms with E-state index in [0.717, 1.165) is 19.2 Å². The summed E-state index contributed by atoms with van der Waals surface area (Å²) in [6.45, 7) is 0. The third kappa shape index (κ3) is 3.85. The molecule has 0 saturated heterocycles. The normalized spacial score (nSPS) is 11.5. The van der Waals surface area contributed by atoms with Gasteiger partial charge in [-0.15, -0.1) is 0 Å². The fraction of sp³-hybridized carbons (Fsp3) is 0.0714. The molecule has 0 heterocycles. The minimum absolute atomic E-state index is 0.405. The molecular weight excluding hydrogens is 577 g/mol. The van der Waals surface area contributed by atoms with Gasteiger partial charge in [-0.1, -0.05) is 12.1 Å². The van der Waals surface area contributed by atoms with Crippen LogP contribution in [-0.4, -0.2) is 14.2 Å². The monoisotopic (exact) mass is 588 g/mol. The van der Waals surface area contributed by atoms with Crippen LogP contribution in [0.3, 0.4) is 0 Å². The van der Waals surface area contributed by atoms with Gasteiger partial charge in [-0.3, -0.25) is 0 Å². The number of methoxy groups -OCH3 is 2. The molecule has 0 spiro atoms. The summed E-state index contributed by atoms with van der Waals surface area (Å²) >= 11 is 0. The van der Waals surface area contributed by atoms with Crippen LogP contribution in [0.25, 0.3) is 43.8 Å². The molecule has 0 N–H and O–H groups in total. The van der Waals surface area contributed by atoms with Crippen LogP contribution in [0.5, 0.6) is 11.5 Å². The quantitative estimate of drug-likeness (QED) is 0.0904. The van der Waals surface area contributed by atoms with E-state index in [4.69, 9.17) is 4.74 Å². The van der Waals surface area contributed by atoms with Crippen LogP contribution < -0.4 is 9.47 Å². The van der Waals surface area contributed by atoms with E-state index in [1.807, 2.05) is 0 Å². The Hall–Kier alpha value is -4.55. The first-order chi connectivity index (χ1) is 19.4. The first-order valence-corrected chi connectivity index (χ1v) is 11.2. The molecule has 5 aromatic rings. The molecule has 41 heavy (non-hydrogen) atoms. The summed E-state index contributed by atoms with van der Waals surface area (Å²) in [6, 6.07) is 3.45. The van der Waals surface area contributed by atoms with Gasteiger partial charge in [0.1, 0.15) is 23.2 Å². The standard InChI is InChI=1S/C28H11F11O2/c1-40-8-6-11(30)15(12(31)7-8)14-9-4-3-5-10(29)13(9)16(18-17(14)20(32)24(36)25(37)21(18)33)19-22(34)26(38)28(41-2)27(39)23(19)35/h3-7H,1-2H3. The van der Waals surface area contributed by atoms with Crippen molar-refractivity contribution < 1.29 is 57.8 Å². The Morgan fingerprint density at radius 1 is 0.439 bits per heavy atom. The van der Waals surface area contributed by atoms with Crippen molar-refractivity contribution in [2.75, 3.05) is 14.2 Å². The summed E-state index contributed by atoms with van der Waals surface area (Å²) in [5.74, 6) is -25.4. The Bertz CT molecular complexity index is 1880. The second-order valence-electron chi connectivity index (χ2n) is 8.55. The molecule has 0 aliphatic rings. The Kier molecular flexibility index (Phi) is 6.71. The van der Waals surface area contributed by atoms with Crippen molar-refractivity contribution in [2.45, 2.75) is 0 Å². The number of fused-ring (bicyclic) bond motifs is 2. The summed E-state index contributed by atoms with van der Waals surface area (Å²) in [5, 5.41) is -5.19. The van der Waals surface area contributed by atoms with E-state index >= 15 is 30.7 Å². The van der Waals surface area contributed by atoms with Gasteiger partial charge in [-0.25, -0.2) is 39.5 Å². The van der Waals surface area contributed by atoms with Crippen molar-refractivity contribution in [1.29, 1.82) is 0 Å². The van der Waals surface area contributed by atoms with Gasteiger partial charge < -0.3 is 9.47 Å². The van der Waals surface area contributed by atoms with Crippen molar-refractivity contribution in [1.82, 2.24) is 0 Å². The predicted octanol–water partition coefficient (Wildman–Crippen LogP) is 8.87. The van der Waals surface area contributed by atoms with E-state index in [1.165, 1.54) is 0 Å². The molecule has 5 aromatic carbocycles. The van der Waals surface area contributed by atoms with Crippen molar-refractivity contribution in [2.24, 2.45) is 0 Å². The minimum atomic E-state index is -2.58. The lowest BCUT2D eigenvalue weighted by Gasteiger charge is -2.21. The van der Waals surface area contributed by atoms with E-state index in [2.05, 4.69) is 4.74 Å². The first kappa shape index (κ1) is 28.0. The summed E-state index contributed by atoms with van der Waals surface area (Å²) in [6.07, 6.45) is 0. The lowest BCUT2D eigenvalue weighted by molar-refractivity contribution is 0.334. The molecule has 0 atom stereocenters. The topological polar surface area (TPSA) is 18.5 Å². The maximum atomic E-state index is 15.5. The van der Waals surface area contributed by atoms with Crippen molar-refractivity contribution in [3.05, 3.63) is 94.3 Å². The van der Waals surface area contributed by atoms with Crippen LogP contribution in [0, 0.1) is 64.0 Å². The lowest BCUT2D eigenvalue weighted by atomic mass is 9.84. The molecule has 5 rings (SSSR count). The highest BCUT2D eigenvalue weighted by molar-refractivity contribution is 6.22. The number of hydrogen-bond acceptors (Lipinski definition) is 2. The zero-order chi connectivity index (χ0) is 30.1. The van der Waals surface area contributed by atoms with Crippen LogP contribution in [0.15, 0.2) is 30.3 Å². The molecule has 2 nitrogen and oxygen atoms in total. The number of hydrogen-bond donors (Lipinski definition) is 0. The first-order valence-electron chi connectivity index (χ1n) is 11.2. The highest BCUT2D eigenvalue weighted by Crippen LogP contribution is 2.50. The van der Waals surface area contributed by atoms with Crippen LogP contribution in [0.2, 0.25) is 0 Å². The van der Waals surface area contributed by atoms with Gasteiger partial charge in [0.15, 0.2) is 40.7 Å². The molecule has 0 radical (unpaired) electrons. The molecule has 0 saturated carbocycles. The Labute approximate surface area is 222 Å².